The lowest BCUT2D eigenvalue weighted by Gasteiger charge is -2.11. The third-order valence-corrected chi connectivity index (χ3v) is 3.40. The summed E-state index contributed by atoms with van der Waals surface area (Å²) < 4.78 is 0. The van der Waals surface area contributed by atoms with E-state index in [4.69, 9.17) is 5.26 Å². The topological polar surface area (TPSA) is 40.9 Å². The minimum atomic E-state index is 0.271. The molecule has 0 radical (unpaired) electrons. The summed E-state index contributed by atoms with van der Waals surface area (Å²) in [6.45, 7) is 0. The van der Waals surface area contributed by atoms with Crippen LogP contribution in [0, 0.1) is 11.3 Å². The van der Waals surface area contributed by atoms with Gasteiger partial charge < -0.3 is 0 Å². The molecule has 1 saturated carbocycles. The Balaban J connectivity index is 2.21. The Morgan fingerprint density at radius 3 is 2.87 bits per heavy atom. The first-order chi connectivity index (χ1) is 7.29. The zero-order valence-electron chi connectivity index (χ0n) is 8.32. The van der Waals surface area contributed by atoms with E-state index >= 15 is 0 Å². The molecule has 2 rings (SSSR count). The first kappa shape index (κ1) is 10.1. The molecule has 0 spiro atoms. The van der Waals surface area contributed by atoms with Crippen LogP contribution in [0.1, 0.15) is 36.1 Å². The SMILES string of the molecule is N#Cc1csc(/C=C2\CCCCC2=O)c1. The van der Waals surface area contributed by atoms with Gasteiger partial charge in [0.25, 0.3) is 0 Å². The van der Waals surface area contributed by atoms with Gasteiger partial charge in [-0.2, -0.15) is 5.26 Å². The van der Waals surface area contributed by atoms with E-state index in [1.807, 2.05) is 17.5 Å². The van der Waals surface area contributed by atoms with Crippen LogP contribution in [0.25, 0.3) is 6.08 Å². The van der Waals surface area contributed by atoms with Gasteiger partial charge in [-0.25, -0.2) is 0 Å². The van der Waals surface area contributed by atoms with E-state index in [1.165, 1.54) is 11.3 Å². The highest BCUT2D eigenvalue weighted by Gasteiger charge is 2.14. The molecule has 0 saturated heterocycles. The second kappa shape index (κ2) is 4.41. The van der Waals surface area contributed by atoms with Crippen LogP contribution >= 0.6 is 11.3 Å². The normalized spacial score (nSPS) is 19.1. The summed E-state index contributed by atoms with van der Waals surface area (Å²) in [5.74, 6) is 0.271. The first-order valence-electron chi connectivity index (χ1n) is 5.02. The molecule has 0 amide bonds. The van der Waals surface area contributed by atoms with E-state index in [9.17, 15) is 4.79 Å². The Labute approximate surface area is 92.8 Å². The summed E-state index contributed by atoms with van der Waals surface area (Å²) in [6, 6.07) is 3.92. The maximum atomic E-state index is 11.5. The fourth-order valence-electron chi connectivity index (χ4n) is 1.71. The smallest absolute Gasteiger partial charge is 0.158 e. The van der Waals surface area contributed by atoms with E-state index in [1.54, 1.807) is 0 Å². The van der Waals surface area contributed by atoms with E-state index in [0.717, 1.165) is 29.7 Å². The lowest BCUT2D eigenvalue weighted by atomic mass is 9.93. The van der Waals surface area contributed by atoms with Gasteiger partial charge in [0.1, 0.15) is 6.07 Å². The minimum Gasteiger partial charge on any atom is -0.295 e. The van der Waals surface area contributed by atoms with E-state index in [2.05, 4.69) is 6.07 Å². The molecule has 0 N–H and O–H groups in total. The van der Waals surface area contributed by atoms with Gasteiger partial charge in [0.2, 0.25) is 0 Å². The maximum absolute atomic E-state index is 11.5. The van der Waals surface area contributed by atoms with Crippen LogP contribution in [-0.2, 0) is 4.79 Å². The molecular weight excluding hydrogens is 206 g/mol. The molecule has 15 heavy (non-hydrogen) atoms. The standard InChI is InChI=1S/C12H11NOS/c13-7-9-5-11(15-8-9)6-10-3-1-2-4-12(10)14/h5-6,8H,1-4H2/b10-6+. The number of thiophene rings is 1. The van der Waals surface area contributed by atoms with Gasteiger partial charge in [-0.1, -0.05) is 0 Å². The molecule has 1 aromatic heterocycles. The second-order valence-electron chi connectivity index (χ2n) is 3.65. The summed E-state index contributed by atoms with van der Waals surface area (Å²) in [5.41, 5.74) is 1.60. The third kappa shape index (κ3) is 2.34. The molecule has 3 heteroatoms. The Morgan fingerprint density at radius 2 is 2.20 bits per heavy atom. The Morgan fingerprint density at radius 1 is 1.40 bits per heavy atom. The van der Waals surface area contributed by atoms with Gasteiger partial charge in [0.15, 0.2) is 5.78 Å². The monoisotopic (exact) mass is 217 g/mol. The van der Waals surface area contributed by atoms with E-state index in [-0.39, 0.29) is 5.78 Å². The van der Waals surface area contributed by atoms with Crippen molar-refractivity contribution in [1.82, 2.24) is 0 Å². The molecular formula is C12H11NOS. The van der Waals surface area contributed by atoms with Crippen LogP contribution < -0.4 is 0 Å². The zero-order chi connectivity index (χ0) is 10.7. The lowest BCUT2D eigenvalue weighted by molar-refractivity contribution is -0.116. The molecule has 0 aliphatic heterocycles. The van der Waals surface area contributed by atoms with Crippen LogP contribution in [-0.4, -0.2) is 5.78 Å². The minimum absolute atomic E-state index is 0.271. The van der Waals surface area contributed by atoms with E-state index in [0.29, 0.717) is 12.0 Å². The molecule has 0 atom stereocenters. The molecule has 1 aromatic rings. The van der Waals surface area contributed by atoms with Gasteiger partial charge in [0, 0.05) is 16.7 Å². The summed E-state index contributed by atoms with van der Waals surface area (Å²) in [4.78, 5) is 12.6. The van der Waals surface area contributed by atoms with Crippen LogP contribution in [0.3, 0.4) is 0 Å². The van der Waals surface area contributed by atoms with Crippen molar-refractivity contribution >= 4 is 23.2 Å². The van der Waals surface area contributed by atoms with Gasteiger partial charge in [-0.15, -0.1) is 11.3 Å². The zero-order valence-corrected chi connectivity index (χ0v) is 9.14. The number of hydrogen-bond donors (Lipinski definition) is 0. The molecule has 1 fully saturated rings. The fourth-order valence-corrected chi connectivity index (χ4v) is 2.50. The average molecular weight is 217 g/mol. The van der Waals surface area contributed by atoms with Crippen molar-refractivity contribution in [2.75, 3.05) is 0 Å². The molecule has 0 unspecified atom stereocenters. The highest BCUT2D eigenvalue weighted by molar-refractivity contribution is 7.11. The number of carbonyl (C=O) groups excluding carboxylic acids is 1. The van der Waals surface area contributed by atoms with E-state index < -0.39 is 0 Å². The maximum Gasteiger partial charge on any atom is 0.158 e. The number of Topliss-reactive ketones (excluding diaryl/α,β-unsaturated/α-hetero) is 1. The average Bonchev–Trinajstić information content (AvgIpc) is 2.69. The van der Waals surface area contributed by atoms with Gasteiger partial charge in [-0.3, -0.25) is 4.79 Å². The highest BCUT2D eigenvalue weighted by Crippen LogP contribution is 2.24. The number of nitriles is 1. The van der Waals surface area contributed by atoms with Gasteiger partial charge >= 0.3 is 0 Å². The number of hydrogen-bond acceptors (Lipinski definition) is 3. The quantitative estimate of drug-likeness (QED) is 0.678. The predicted octanol–water partition coefficient (Wildman–Crippen LogP) is 3.15. The van der Waals surface area contributed by atoms with Crippen LogP contribution in [0.4, 0.5) is 0 Å². The fraction of sp³-hybridized carbons (Fsp3) is 0.333. The number of rotatable bonds is 1. The number of nitrogens with zero attached hydrogens (tertiary/aromatic N) is 1. The molecule has 0 bridgehead atoms. The Hall–Kier alpha value is -1.40. The van der Waals surface area contributed by atoms with Crippen LogP contribution in [0.5, 0.6) is 0 Å². The van der Waals surface area contributed by atoms with Crippen molar-refractivity contribution in [2.24, 2.45) is 0 Å². The number of ketones is 1. The molecule has 1 heterocycles. The third-order valence-electron chi connectivity index (χ3n) is 2.52. The van der Waals surface area contributed by atoms with Gasteiger partial charge in [0.05, 0.1) is 5.56 Å². The number of carbonyl (C=O) groups is 1. The molecule has 1 aliphatic rings. The summed E-state index contributed by atoms with van der Waals surface area (Å²) in [6.07, 6.45) is 5.63. The first-order valence-corrected chi connectivity index (χ1v) is 5.90. The van der Waals surface area contributed by atoms with Crippen LogP contribution in [0.2, 0.25) is 0 Å². The van der Waals surface area contributed by atoms with Crippen molar-refractivity contribution < 1.29 is 4.79 Å². The summed E-state index contributed by atoms with van der Waals surface area (Å²) in [7, 11) is 0. The molecule has 0 aromatic carbocycles. The van der Waals surface area contributed by atoms with Crippen molar-refractivity contribution in [1.29, 1.82) is 5.26 Å². The molecule has 2 nitrogen and oxygen atoms in total. The van der Waals surface area contributed by atoms with Crippen molar-refractivity contribution in [3.8, 4) is 6.07 Å². The Kier molecular flexibility index (Phi) is 2.98. The van der Waals surface area contributed by atoms with Gasteiger partial charge in [-0.05, 0) is 37.0 Å². The highest BCUT2D eigenvalue weighted by atomic mass is 32.1. The summed E-state index contributed by atoms with van der Waals surface area (Å²) >= 11 is 1.52. The largest absolute Gasteiger partial charge is 0.295 e. The van der Waals surface area contributed by atoms with Crippen molar-refractivity contribution in [3.63, 3.8) is 0 Å². The molecule has 1 aliphatic carbocycles. The molecule has 76 valence electrons. The number of allylic oxidation sites excluding steroid dienone is 1. The summed E-state index contributed by atoms with van der Waals surface area (Å²) in [5, 5.41) is 10.5. The van der Waals surface area contributed by atoms with Crippen molar-refractivity contribution in [2.45, 2.75) is 25.7 Å². The second-order valence-corrected chi connectivity index (χ2v) is 4.59. The Bertz CT molecular complexity index is 450. The van der Waals surface area contributed by atoms with Crippen molar-refractivity contribution in [3.05, 3.63) is 27.5 Å². The van der Waals surface area contributed by atoms with Crippen LogP contribution in [0.15, 0.2) is 17.0 Å². The predicted molar refractivity (Wildman–Crippen MR) is 60.5 cm³/mol. The lowest BCUT2D eigenvalue weighted by Crippen LogP contribution is -2.07.